The average molecular weight is 260 g/mol. The Morgan fingerprint density at radius 3 is 2.78 bits per heavy atom. The van der Waals surface area contributed by atoms with Crippen LogP contribution in [-0.4, -0.2) is 15.0 Å². The maximum atomic E-state index is 6.23. The Balaban J connectivity index is 2.15. The van der Waals surface area contributed by atoms with Crippen molar-refractivity contribution >= 4 is 11.6 Å². The Morgan fingerprint density at radius 2 is 2.00 bits per heavy atom. The second kappa shape index (κ2) is 4.32. The van der Waals surface area contributed by atoms with Crippen LogP contribution < -0.4 is 0 Å². The first-order chi connectivity index (χ1) is 8.65. The first-order valence-corrected chi connectivity index (χ1v) is 6.52. The molecule has 2 aromatic heterocycles. The van der Waals surface area contributed by atoms with Gasteiger partial charge in [0, 0.05) is 17.5 Å². The molecule has 0 saturated heterocycles. The summed E-state index contributed by atoms with van der Waals surface area (Å²) in [6, 6.07) is 2.09. The molecule has 0 atom stereocenters. The summed E-state index contributed by atoms with van der Waals surface area (Å²) in [5, 5.41) is 0.592. The number of rotatable bonds is 1. The SMILES string of the molecule is Cc1cnc(-c2nc(Cl)c3c(n2)CCC3)c(C)c1. The second-order valence-corrected chi connectivity index (χ2v) is 5.15. The highest BCUT2D eigenvalue weighted by atomic mass is 35.5. The highest BCUT2D eigenvalue weighted by molar-refractivity contribution is 6.30. The van der Waals surface area contributed by atoms with Gasteiger partial charge in [-0.15, -0.1) is 0 Å². The Morgan fingerprint density at radius 1 is 1.17 bits per heavy atom. The van der Waals surface area contributed by atoms with Crippen molar-refractivity contribution in [2.75, 3.05) is 0 Å². The maximum Gasteiger partial charge on any atom is 0.180 e. The number of hydrogen-bond acceptors (Lipinski definition) is 3. The zero-order valence-corrected chi connectivity index (χ0v) is 11.3. The highest BCUT2D eigenvalue weighted by Crippen LogP contribution is 2.29. The van der Waals surface area contributed by atoms with Gasteiger partial charge in [0.05, 0.1) is 0 Å². The van der Waals surface area contributed by atoms with Crippen molar-refractivity contribution in [2.24, 2.45) is 0 Å². The van der Waals surface area contributed by atoms with Crippen molar-refractivity contribution in [3.8, 4) is 11.5 Å². The van der Waals surface area contributed by atoms with Crippen LogP contribution in [0, 0.1) is 13.8 Å². The zero-order chi connectivity index (χ0) is 12.7. The third-order valence-electron chi connectivity index (χ3n) is 3.31. The molecule has 0 aromatic carbocycles. The van der Waals surface area contributed by atoms with E-state index in [4.69, 9.17) is 11.6 Å². The van der Waals surface area contributed by atoms with Gasteiger partial charge < -0.3 is 0 Å². The molecule has 0 bridgehead atoms. The minimum Gasteiger partial charge on any atom is -0.252 e. The molecule has 92 valence electrons. The Bertz CT molecular complexity index is 623. The molecule has 0 fully saturated rings. The largest absolute Gasteiger partial charge is 0.252 e. The number of hydrogen-bond donors (Lipinski definition) is 0. The van der Waals surface area contributed by atoms with E-state index in [1.807, 2.05) is 20.0 Å². The lowest BCUT2D eigenvalue weighted by Gasteiger charge is -2.07. The predicted molar refractivity (Wildman–Crippen MR) is 71.8 cm³/mol. The van der Waals surface area contributed by atoms with Crippen LogP contribution in [0.4, 0.5) is 0 Å². The normalized spacial score (nSPS) is 13.7. The molecule has 0 amide bonds. The van der Waals surface area contributed by atoms with Gasteiger partial charge in [0.25, 0.3) is 0 Å². The molecule has 0 aliphatic heterocycles. The van der Waals surface area contributed by atoms with E-state index in [1.54, 1.807) is 0 Å². The van der Waals surface area contributed by atoms with Gasteiger partial charge in [0.2, 0.25) is 0 Å². The van der Waals surface area contributed by atoms with Gasteiger partial charge in [0.1, 0.15) is 10.8 Å². The maximum absolute atomic E-state index is 6.23. The molecule has 3 nitrogen and oxygen atoms in total. The third-order valence-corrected chi connectivity index (χ3v) is 3.62. The first kappa shape index (κ1) is 11.6. The number of halogens is 1. The summed E-state index contributed by atoms with van der Waals surface area (Å²) in [7, 11) is 0. The molecule has 0 N–H and O–H groups in total. The van der Waals surface area contributed by atoms with Crippen LogP contribution in [0.2, 0.25) is 5.15 Å². The van der Waals surface area contributed by atoms with Gasteiger partial charge in [-0.25, -0.2) is 9.97 Å². The summed E-state index contributed by atoms with van der Waals surface area (Å²) in [5.41, 5.74) is 5.27. The van der Waals surface area contributed by atoms with Crippen LogP contribution in [0.25, 0.3) is 11.5 Å². The van der Waals surface area contributed by atoms with Gasteiger partial charge in [0.15, 0.2) is 5.82 Å². The minimum atomic E-state index is 0.592. The van der Waals surface area contributed by atoms with E-state index >= 15 is 0 Å². The molecule has 0 saturated carbocycles. The third kappa shape index (κ3) is 1.89. The Labute approximate surface area is 111 Å². The lowest BCUT2D eigenvalue weighted by Crippen LogP contribution is -2.00. The van der Waals surface area contributed by atoms with Crippen molar-refractivity contribution in [3.05, 3.63) is 39.8 Å². The molecule has 4 heteroatoms. The fraction of sp³-hybridized carbons (Fsp3) is 0.357. The summed E-state index contributed by atoms with van der Waals surface area (Å²) >= 11 is 6.23. The first-order valence-electron chi connectivity index (χ1n) is 6.14. The van der Waals surface area contributed by atoms with E-state index in [0.717, 1.165) is 47.3 Å². The molecular formula is C14H14ClN3. The highest BCUT2D eigenvalue weighted by Gasteiger charge is 2.19. The van der Waals surface area contributed by atoms with Gasteiger partial charge in [-0.2, -0.15) is 0 Å². The summed E-state index contributed by atoms with van der Waals surface area (Å²) in [6.07, 6.45) is 4.95. The Kier molecular flexibility index (Phi) is 2.78. The average Bonchev–Trinajstić information content (AvgIpc) is 2.77. The Hall–Kier alpha value is -1.48. The summed E-state index contributed by atoms with van der Waals surface area (Å²) < 4.78 is 0. The van der Waals surface area contributed by atoms with Crippen LogP contribution in [-0.2, 0) is 12.8 Å². The van der Waals surface area contributed by atoms with E-state index in [0.29, 0.717) is 11.0 Å². The number of pyridine rings is 1. The van der Waals surface area contributed by atoms with Crippen LogP contribution in [0.15, 0.2) is 12.3 Å². The van der Waals surface area contributed by atoms with Gasteiger partial charge >= 0.3 is 0 Å². The second-order valence-electron chi connectivity index (χ2n) is 4.79. The minimum absolute atomic E-state index is 0.592. The standard InChI is InChI=1S/C14H14ClN3/c1-8-6-9(2)12(16-7-8)14-17-11-5-3-4-10(11)13(15)18-14/h6-7H,3-5H2,1-2H3. The molecule has 2 heterocycles. The lowest BCUT2D eigenvalue weighted by molar-refractivity contribution is 0.899. The quantitative estimate of drug-likeness (QED) is 0.738. The summed E-state index contributed by atoms with van der Waals surface area (Å²) in [5.74, 6) is 0.651. The van der Waals surface area contributed by atoms with Crippen molar-refractivity contribution in [1.29, 1.82) is 0 Å². The van der Waals surface area contributed by atoms with Crippen molar-refractivity contribution < 1.29 is 0 Å². The van der Waals surface area contributed by atoms with E-state index in [2.05, 4.69) is 21.0 Å². The van der Waals surface area contributed by atoms with Crippen LogP contribution in [0.5, 0.6) is 0 Å². The predicted octanol–water partition coefficient (Wildman–Crippen LogP) is 3.30. The van der Waals surface area contributed by atoms with Crippen molar-refractivity contribution in [1.82, 2.24) is 15.0 Å². The number of nitrogens with zero attached hydrogens (tertiary/aromatic N) is 3. The molecule has 3 rings (SSSR count). The zero-order valence-electron chi connectivity index (χ0n) is 10.5. The molecular weight excluding hydrogens is 246 g/mol. The topological polar surface area (TPSA) is 38.7 Å². The van der Waals surface area contributed by atoms with E-state index < -0.39 is 0 Å². The van der Waals surface area contributed by atoms with Gasteiger partial charge in [-0.05, 0) is 44.2 Å². The lowest BCUT2D eigenvalue weighted by atomic mass is 10.1. The van der Waals surface area contributed by atoms with E-state index in [9.17, 15) is 0 Å². The van der Waals surface area contributed by atoms with E-state index in [1.165, 1.54) is 0 Å². The molecule has 2 aromatic rings. The van der Waals surface area contributed by atoms with Crippen molar-refractivity contribution in [2.45, 2.75) is 33.1 Å². The summed E-state index contributed by atoms with van der Waals surface area (Å²) in [4.78, 5) is 13.4. The molecule has 1 aliphatic rings. The smallest absolute Gasteiger partial charge is 0.180 e. The number of fused-ring (bicyclic) bond motifs is 1. The van der Waals surface area contributed by atoms with Crippen molar-refractivity contribution in [3.63, 3.8) is 0 Å². The summed E-state index contributed by atoms with van der Waals surface area (Å²) in [6.45, 7) is 4.06. The monoisotopic (exact) mass is 259 g/mol. The van der Waals surface area contributed by atoms with E-state index in [-0.39, 0.29) is 0 Å². The molecule has 0 radical (unpaired) electrons. The molecule has 1 aliphatic carbocycles. The fourth-order valence-corrected chi connectivity index (χ4v) is 2.73. The van der Waals surface area contributed by atoms with Crippen LogP contribution in [0.3, 0.4) is 0 Å². The number of aromatic nitrogens is 3. The van der Waals surface area contributed by atoms with Crippen LogP contribution >= 0.6 is 11.6 Å². The number of aryl methyl sites for hydroxylation is 3. The fourth-order valence-electron chi connectivity index (χ4n) is 2.44. The molecule has 18 heavy (non-hydrogen) atoms. The van der Waals surface area contributed by atoms with Crippen LogP contribution in [0.1, 0.15) is 28.8 Å². The van der Waals surface area contributed by atoms with Gasteiger partial charge in [-0.1, -0.05) is 17.7 Å². The molecule has 0 unspecified atom stereocenters. The van der Waals surface area contributed by atoms with Gasteiger partial charge in [-0.3, -0.25) is 4.98 Å². The molecule has 0 spiro atoms.